The number of nitrogens with zero attached hydrogens (tertiary/aromatic N) is 7. The molecule has 0 saturated heterocycles. The summed E-state index contributed by atoms with van der Waals surface area (Å²) in [6.45, 7) is 2.08. The van der Waals surface area contributed by atoms with Gasteiger partial charge in [-0.15, -0.1) is 0 Å². The van der Waals surface area contributed by atoms with Crippen LogP contribution >= 0.6 is 11.6 Å². The summed E-state index contributed by atoms with van der Waals surface area (Å²) in [6.07, 6.45) is 4.30. The number of nitriles is 2. The van der Waals surface area contributed by atoms with Crippen LogP contribution in [0.25, 0.3) is 16.5 Å². The molecule has 4 rings (SSSR count). The number of anilines is 3. The van der Waals surface area contributed by atoms with E-state index in [4.69, 9.17) is 17.3 Å². The van der Waals surface area contributed by atoms with Crippen molar-refractivity contribution in [2.45, 2.75) is 6.92 Å². The molecule has 1 aromatic carbocycles. The van der Waals surface area contributed by atoms with Crippen LogP contribution in [0.4, 0.5) is 17.5 Å². The molecule has 9 nitrogen and oxygen atoms in total. The second-order valence-electron chi connectivity index (χ2n) is 6.64. The predicted molar refractivity (Wildman–Crippen MR) is 121 cm³/mol. The van der Waals surface area contributed by atoms with Gasteiger partial charge in [-0.05, 0) is 25.1 Å². The zero-order valence-corrected chi connectivity index (χ0v) is 17.6. The van der Waals surface area contributed by atoms with E-state index in [1.807, 2.05) is 6.07 Å². The Labute approximate surface area is 187 Å². The summed E-state index contributed by atoms with van der Waals surface area (Å²) in [7, 11) is 0. The third kappa shape index (κ3) is 3.18. The van der Waals surface area contributed by atoms with E-state index in [1.54, 1.807) is 48.4 Å². The molecule has 0 unspecified atom stereocenters. The number of hydrogen-bond donors (Lipinski definition) is 1. The lowest BCUT2D eigenvalue weighted by Crippen LogP contribution is -2.30. The number of aromatic nitrogens is 4. The first-order valence-electron chi connectivity index (χ1n) is 9.49. The van der Waals surface area contributed by atoms with Gasteiger partial charge in [-0.1, -0.05) is 23.7 Å². The molecule has 0 atom stereocenters. The van der Waals surface area contributed by atoms with Crippen LogP contribution in [0.5, 0.6) is 0 Å². The monoisotopic (exact) mass is 442 g/mol. The lowest BCUT2D eigenvalue weighted by molar-refractivity contribution is 0.885. The van der Waals surface area contributed by atoms with Crippen LogP contribution in [0.3, 0.4) is 0 Å². The zero-order chi connectivity index (χ0) is 22.8. The number of nitrogens with two attached hydrogens (primary N) is 1. The fraction of sp³-hybridized carbons (Fsp3) is 0.0909. The molecule has 3 heterocycles. The zero-order valence-electron chi connectivity index (χ0n) is 16.8. The maximum absolute atomic E-state index is 13.7. The molecule has 0 radical (unpaired) electrons. The van der Waals surface area contributed by atoms with Gasteiger partial charge in [-0.25, -0.2) is 9.97 Å². The Hall–Kier alpha value is -4.47. The number of rotatable bonds is 4. The highest BCUT2D eigenvalue weighted by Gasteiger charge is 2.27. The molecule has 10 heteroatoms. The van der Waals surface area contributed by atoms with Crippen molar-refractivity contribution in [3.05, 3.63) is 75.6 Å². The summed E-state index contributed by atoms with van der Waals surface area (Å²) in [5.41, 5.74) is 6.11. The first-order valence-corrected chi connectivity index (χ1v) is 9.87. The smallest absolute Gasteiger partial charge is 0.266 e. The Bertz CT molecular complexity index is 1480. The molecule has 0 spiro atoms. The average molecular weight is 443 g/mol. The van der Waals surface area contributed by atoms with Crippen LogP contribution in [0.1, 0.15) is 18.1 Å². The molecule has 0 aliphatic heterocycles. The van der Waals surface area contributed by atoms with Crippen molar-refractivity contribution in [1.82, 2.24) is 19.5 Å². The second-order valence-corrected chi connectivity index (χ2v) is 7.05. The summed E-state index contributed by atoms with van der Waals surface area (Å²) in [4.78, 5) is 27.5. The maximum Gasteiger partial charge on any atom is 0.266 e. The number of fused-ring (bicyclic) bond motifs is 1. The van der Waals surface area contributed by atoms with Crippen molar-refractivity contribution < 1.29 is 0 Å². The van der Waals surface area contributed by atoms with Gasteiger partial charge < -0.3 is 10.6 Å². The number of halogens is 1. The van der Waals surface area contributed by atoms with Gasteiger partial charge >= 0.3 is 0 Å². The molecule has 0 aliphatic rings. The normalized spacial score (nSPS) is 10.5. The lowest BCUT2D eigenvalue weighted by atomic mass is 10.1. The van der Waals surface area contributed by atoms with Gasteiger partial charge in [0.15, 0.2) is 5.82 Å². The standard InChI is InChI=1S/C22H15ClN8O/c1-2-30(20-16(10-25)19(26)28-12-29-20)21-15(9-24)14-6-3-7-17(23)18(14)22(32)31(21)13-5-4-8-27-11-13/h3-8,11-12H,2H2,1H3,(H2,26,28,29). The van der Waals surface area contributed by atoms with Crippen molar-refractivity contribution in [3.8, 4) is 17.8 Å². The van der Waals surface area contributed by atoms with Crippen molar-refractivity contribution in [3.63, 3.8) is 0 Å². The Balaban J connectivity index is 2.23. The molecule has 0 bridgehead atoms. The van der Waals surface area contributed by atoms with E-state index in [2.05, 4.69) is 21.0 Å². The van der Waals surface area contributed by atoms with E-state index < -0.39 is 5.56 Å². The van der Waals surface area contributed by atoms with E-state index in [0.29, 0.717) is 11.1 Å². The third-order valence-corrected chi connectivity index (χ3v) is 5.26. The molecular weight excluding hydrogens is 428 g/mol. The van der Waals surface area contributed by atoms with Crippen molar-refractivity contribution in [2.24, 2.45) is 0 Å². The Morgan fingerprint density at radius 2 is 1.94 bits per heavy atom. The van der Waals surface area contributed by atoms with Gasteiger partial charge in [0.2, 0.25) is 0 Å². The summed E-state index contributed by atoms with van der Waals surface area (Å²) in [5.74, 6) is 0.392. The summed E-state index contributed by atoms with van der Waals surface area (Å²) in [6, 6.07) is 12.5. The molecule has 0 aliphatic carbocycles. The van der Waals surface area contributed by atoms with E-state index in [0.717, 1.165) is 0 Å². The largest absolute Gasteiger partial charge is 0.382 e. The molecule has 3 aromatic heterocycles. The molecule has 2 N–H and O–H groups in total. The molecular formula is C22H15ClN8O. The summed E-state index contributed by atoms with van der Waals surface area (Å²) >= 11 is 6.37. The van der Waals surface area contributed by atoms with E-state index in [-0.39, 0.29) is 45.5 Å². The minimum absolute atomic E-state index is 0.00596. The topological polar surface area (TPSA) is 138 Å². The molecule has 0 saturated carbocycles. The first kappa shape index (κ1) is 20.8. The summed E-state index contributed by atoms with van der Waals surface area (Å²) in [5, 5.41) is 20.7. The SMILES string of the molecule is CCN(c1ncnc(N)c1C#N)c1c(C#N)c2cccc(Cl)c2c(=O)n1-c1cccnc1. The Morgan fingerprint density at radius 3 is 2.59 bits per heavy atom. The Kier molecular flexibility index (Phi) is 5.42. The van der Waals surface area contributed by atoms with Crippen LogP contribution in [-0.2, 0) is 0 Å². The molecule has 4 aromatic rings. The number of hydrogen-bond acceptors (Lipinski definition) is 8. The molecule has 0 amide bonds. The highest BCUT2D eigenvalue weighted by atomic mass is 35.5. The molecule has 156 valence electrons. The van der Waals surface area contributed by atoms with Gasteiger partial charge in [0.1, 0.15) is 41.2 Å². The lowest BCUT2D eigenvalue weighted by Gasteiger charge is -2.28. The van der Waals surface area contributed by atoms with E-state index in [9.17, 15) is 15.3 Å². The minimum Gasteiger partial charge on any atom is -0.382 e. The van der Waals surface area contributed by atoms with Gasteiger partial charge in [-0.3, -0.25) is 14.3 Å². The highest BCUT2D eigenvalue weighted by Crippen LogP contribution is 2.35. The highest BCUT2D eigenvalue weighted by molar-refractivity contribution is 6.35. The van der Waals surface area contributed by atoms with Crippen LogP contribution in [0.15, 0.2) is 53.8 Å². The quantitative estimate of drug-likeness (QED) is 0.508. The second kappa shape index (κ2) is 8.34. The van der Waals surface area contributed by atoms with Gasteiger partial charge in [0, 0.05) is 18.1 Å². The van der Waals surface area contributed by atoms with E-state index >= 15 is 0 Å². The van der Waals surface area contributed by atoms with Crippen molar-refractivity contribution >= 4 is 39.8 Å². The Morgan fingerprint density at radius 1 is 1.16 bits per heavy atom. The summed E-state index contributed by atoms with van der Waals surface area (Å²) < 4.78 is 1.35. The number of benzene rings is 1. The predicted octanol–water partition coefficient (Wildman–Crippen LogP) is 3.31. The van der Waals surface area contributed by atoms with Crippen LogP contribution in [0.2, 0.25) is 5.02 Å². The maximum atomic E-state index is 13.7. The van der Waals surface area contributed by atoms with Crippen molar-refractivity contribution in [2.75, 3.05) is 17.2 Å². The number of pyridine rings is 2. The van der Waals surface area contributed by atoms with Gasteiger partial charge in [0.05, 0.1) is 22.3 Å². The average Bonchev–Trinajstić information content (AvgIpc) is 2.80. The van der Waals surface area contributed by atoms with Crippen LogP contribution in [0, 0.1) is 22.7 Å². The first-order chi connectivity index (χ1) is 15.5. The fourth-order valence-corrected chi connectivity index (χ4v) is 3.84. The van der Waals surface area contributed by atoms with Gasteiger partial charge in [0.25, 0.3) is 5.56 Å². The number of nitrogen functional groups attached to an aromatic ring is 1. The van der Waals surface area contributed by atoms with Gasteiger partial charge in [-0.2, -0.15) is 10.5 Å². The molecule has 32 heavy (non-hydrogen) atoms. The van der Waals surface area contributed by atoms with Crippen LogP contribution in [-0.4, -0.2) is 26.1 Å². The minimum atomic E-state index is -0.438. The molecule has 0 fully saturated rings. The van der Waals surface area contributed by atoms with Crippen LogP contribution < -0.4 is 16.2 Å². The van der Waals surface area contributed by atoms with E-state index in [1.165, 1.54) is 17.1 Å². The third-order valence-electron chi connectivity index (χ3n) is 4.95. The van der Waals surface area contributed by atoms with Crippen molar-refractivity contribution in [1.29, 1.82) is 10.5 Å². The fourth-order valence-electron chi connectivity index (χ4n) is 3.58.